The maximum absolute atomic E-state index is 13.4. The van der Waals surface area contributed by atoms with E-state index in [-0.39, 0.29) is 5.57 Å². The first kappa shape index (κ1) is 27.7. The zero-order chi connectivity index (χ0) is 27.8. The van der Waals surface area contributed by atoms with E-state index < -0.39 is 23.5 Å². The van der Waals surface area contributed by atoms with Crippen LogP contribution in [0.1, 0.15) is 29.7 Å². The van der Waals surface area contributed by atoms with Gasteiger partial charge in [0.05, 0.1) is 18.2 Å². The van der Waals surface area contributed by atoms with Crippen molar-refractivity contribution in [3.63, 3.8) is 0 Å². The Morgan fingerprint density at radius 3 is 2.33 bits per heavy atom. The maximum atomic E-state index is 13.4. The summed E-state index contributed by atoms with van der Waals surface area (Å²) < 4.78 is 12.0. The molecule has 0 fully saturated rings. The molecule has 0 radical (unpaired) electrons. The van der Waals surface area contributed by atoms with Crippen LogP contribution in [0.2, 0.25) is 0 Å². The lowest BCUT2D eigenvalue weighted by atomic mass is 9.95. The molecule has 7 nitrogen and oxygen atoms in total. The fourth-order valence-corrected chi connectivity index (χ4v) is 4.43. The molecule has 1 amide bonds. The van der Waals surface area contributed by atoms with Gasteiger partial charge in [-0.3, -0.25) is 9.59 Å². The minimum Gasteiger partial charge on any atom is -0.503 e. The predicted octanol–water partition coefficient (Wildman–Crippen LogP) is 5.20. The van der Waals surface area contributed by atoms with Gasteiger partial charge in [-0.2, -0.15) is 0 Å². The van der Waals surface area contributed by atoms with Gasteiger partial charge in [-0.15, -0.1) is 0 Å². The minimum absolute atomic E-state index is 0.0475. The lowest BCUT2D eigenvalue weighted by Crippen LogP contribution is -2.36. The summed E-state index contributed by atoms with van der Waals surface area (Å²) in [5, 5.41) is 10.9. The van der Waals surface area contributed by atoms with Crippen molar-refractivity contribution in [3.05, 3.63) is 113 Å². The number of aliphatic hydroxyl groups is 1. The van der Waals surface area contributed by atoms with Crippen LogP contribution in [0.25, 0.3) is 6.08 Å². The minimum atomic E-state index is -0.771. The second-order valence-electron chi connectivity index (χ2n) is 9.49. The molecule has 0 saturated heterocycles. The Morgan fingerprint density at radius 1 is 0.974 bits per heavy atom. The molecule has 0 spiro atoms. The van der Waals surface area contributed by atoms with Gasteiger partial charge < -0.3 is 24.4 Å². The normalized spacial score (nSPS) is 15.4. The van der Waals surface area contributed by atoms with Crippen molar-refractivity contribution < 1.29 is 24.2 Å². The van der Waals surface area contributed by atoms with E-state index in [9.17, 15) is 14.7 Å². The quantitative estimate of drug-likeness (QED) is 0.327. The van der Waals surface area contributed by atoms with Gasteiger partial charge in [-0.1, -0.05) is 72.8 Å². The van der Waals surface area contributed by atoms with E-state index >= 15 is 0 Å². The number of aliphatic hydroxyl groups excluding tert-OH is 1. The number of nitrogens with zero attached hydrogens (tertiary/aromatic N) is 2. The van der Waals surface area contributed by atoms with Crippen molar-refractivity contribution in [2.75, 3.05) is 33.8 Å². The van der Waals surface area contributed by atoms with E-state index in [1.165, 1.54) is 11.0 Å². The molecule has 202 valence electrons. The first-order valence-electron chi connectivity index (χ1n) is 13.0. The van der Waals surface area contributed by atoms with E-state index in [1.54, 1.807) is 18.2 Å². The van der Waals surface area contributed by atoms with E-state index in [4.69, 9.17) is 9.47 Å². The smallest absolute Gasteiger partial charge is 0.290 e. The SMILES string of the molecule is CCOc1cc(C2C(C(=O)C=Cc3ccccc3)=C(O)C(=O)N2CCN(C)C)ccc1OCc1ccccc1. The van der Waals surface area contributed by atoms with Crippen LogP contribution >= 0.6 is 0 Å². The highest BCUT2D eigenvalue weighted by Crippen LogP contribution is 2.41. The second kappa shape index (κ2) is 12.9. The Labute approximate surface area is 229 Å². The van der Waals surface area contributed by atoms with Crippen LogP contribution in [0.4, 0.5) is 0 Å². The predicted molar refractivity (Wildman–Crippen MR) is 152 cm³/mol. The lowest BCUT2D eigenvalue weighted by molar-refractivity contribution is -0.129. The number of benzene rings is 3. The summed E-state index contributed by atoms with van der Waals surface area (Å²) in [5.74, 6) is -0.462. The molecule has 0 aromatic heterocycles. The van der Waals surface area contributed by atoms with Crippen molar-refractivity contribution >= 4 is 17.8 Å². The molecule has 39 heavy (non-hydrogen) atoms. The number of likely N-dealkylation sites (N-methyl/N-ethyl adjacent to an activating group) is 1. The number of ether oxygens (including phenoxy) is 2. The first-order valence-corrected chi connectivity index (χ1v) is 13.0. The number of amides is 1. The van der Waals surface area contributed by atoms with Crippen molar-refractivity contribution in [3.8, 4) is 11.5 Å². The third-order valence-electron chi connectivity index (χ3n) is 6.40. The van der Waals surface area contributed by atoms with E-state index in [0.29, 0.717) is 43.4 Å². The van der Waals surface area contributed by atoms with Gasteiger partial charge in [0.15, 0.2) is 23.0 Å². The Hall–Kier alpha value is -4.36. The van der Waals surface area contributed by atoms with Gasteiger partial charge in [0.2, 0.25) is 0 Å². The van der Waals surface area contributed by atoms with Crippen LogP contribution in [0, 0.1) is 0 Å². The average molecular weight is 527 g/mol. The van der Waals surface area contributed by atoms with Crippen LogP contribution < -0.4 is 9.47 Å². The summed E-state index contributed by atoms with van der Waals surface area (Å²) >= 11 is 0. The molecule has 0 saturated carbocycles. The molecule has 7 heteroatoms. The van der Waals surface area contributed by atoms with E-state index in [2.05, 4.69) is 0 Å². The summed E-state index contributed by atoms with van der Waals surface area (Å²) in [6.07, 6.45) is 3.08. The molecule has 4 rings (SSSR count). The highest BCUT2D eigenvalue weighted by Gasteiger charge is 2.43. The summed E-state index contributed by atoms with van der Waals surface area (Å²) in [7, 11) is 3.81. The number of ketones is 1. The van der Waals surface area contributed by atoms with Gasteiger partial charge in [0, 0.05) is 13.1 Å². The summed E-state index contributed by atoms with van der Waals surface area (Å²) in [5.41, 5.74) is 2.56. The Bertz CT molecular complexity index is 1350. The fourth-order valence-electron chi connectivity index (χ4n) is 4.43. The molecule has 1 aliphatic rings. The summed E-state index contributed by atoms with van der Waals surface area (Å²) in [4.78, 5) is 30.1. The third kappa shape index (κ3) is 6.75. The van der Waals surface area contributed by atoms with E-state index in [1.807, 2.05) is 92.6 Å². The van der Waals surface area contributed by atoms with Crippen LogP contribution in [-0.4, -0.2) is 60.4 Å². The molecule has 1 unspecified atom stereocenters. The van der Waals surface area contributed by atoms with Crippen molar-refractivity contribution in [1.82, 2.24) is 9.80 Å². The molecule has 0 bridgehead atoms. The number of hydrogen-bond donors (Lipinski definition) is 1. The Balaban J connectivity index is 1.68. The van der Waals surface area contributed by atoms with Crippen LogP contribution in [0.15, 0.2) is 96.3 Å². The third-order valence-corrected chi connectivity index (χ3v) is 6.40. The van der Waals surface area contributed by atoms with Gasteiger partial charge >= 0.3 is 0 Å². The summed E-state index contributed by atoms with van der Waals surface area (Å²) in [6.45, 7) is 3.55. The number of carbonyl (C=O) groups is 2. The average Bonchev–Trinajstić information content (AvgIpc) is 3.20. The number of rotatable bonds is 12. The summed E-state index contributed by atoms with van der Waals surface area (Å²) in [6, 6.07) is 23.8. The van der Waals surface area contributed by atoms with Gasteiger partial charge in [-0.25, -0.2) is 0 Å². The van der Waals surface area contributed by atoms with Crippen molar-refractivity contribution in [2.45, 2.75) is 19.6 Å². The number of carbonyl (C=O) groups excluding carboxylic acids is 2. The highest BCUT2D eigenvalue weighted by atomic mass is 16.5. The van der Waals surface area contributed by atoms with Gasteiger partial charge in [0.25, 0.3) is 5.91 Å². The largest absolute Gasteiger partial charge is 0.503 e. The molecular weight excluding hydrogens is 492 g/mol. The first-order chi connectivity index (χ1) is 18.9. The van der Waals surface area contributed by atoms with E-state index in [0.717, 1.165) is 11.1 Å². The highest BCUT2D eigenvalue weighted by molar-refractivity contribution is 6.14. The Morgan fingerprint density at radius 2 is 1.67 bits per heavy atom. The molecule has 1 atom stereocenters. The Kier molecular flexibility index (Phi) is 9.18. The standard InChI is InChI=1S/C32H34N2O5/c1-4-38-28-21-25(16-18-27(28)39-22-24-13-9-6-10-14-24)30-29(26(35)17-15-23-11-7-5-8-12-23)31(36)32(37)34(30)20-19-33(2)3/h5-18,21,30,36H,4,19-20,22H2,1-3H3. The fraction of sp³-hybridized carbons (Fsp3) is 0.250. The molecule has 1 aliphatic heterocycles. The van der Waals surface area contributed by atoms with Gasteiger partial charge in [-0.05, 0) is 55.9 Å². The molecule has 3 aromatic rings. The van der Waals surface area contributed by atoms with Crippen molar-refractivity contribution in [1.29, 1.82) is 0 Å². The monoisotopic (exact) mass is 526 g/mol. The van der Waals surface area contributed by atoms with Gasteiger partial charge in [0.1, 0.15) is 6.61 Å². The maximum Gasteiger partial charge on any atom is 0.290 e. The van der Waals surface area contributed by atoms with Crippen LogP contribution in [-0.2, 0) is 16.2 Å². The number of allylic oxidation sites excluding steroid dienone is 1. The zero-order valence-electron chi connectivity index (χ0n) is 22.5. The van der Waals surface area contributed by atoms with Crippen LogP contribution in [0.5, 0.6) is 11.5 Å². The molecule has 1 heterocycles. The molecule has 0 aliphatic carbocycles. The number of hydrogen-bond acceptors (Lipinski definition) is 6. The zero-order valence-corrected chi connectivity index (χ0v) is 22.5. The van der Waals surface area contributed by atoms with Crippen LogP contribution in [0.3, 0.4) is 0 Å². The molecular formula is C32H34N2O5. The van der Waals surface area contributed by atoms with Crippen molar-refractivity contribution in [2.24, 2.45) is 0 Å². The molecule has 3 aromatic carbocycles. The topological polar surface area (TPSA) is 79.3 Å². The lowest BCUT2D eigenvalue weighted by Gasteiger charge is -2.28. The second-order valence-corrected chi connectivity index (χ2v) is 9.49. The molecule has 1 N–H and O–H groups in total.